The quantitative estimate of drug-likeness (QED) is 0.648. The van der Waals surface area contributed by atoms with E-state index >= 15 is 0 Å². The van der Waals surface area contributed by atoms with Crippen molar-refractivity contribution in [3.8, 4) is 5.75 Å². The van der Waals surface area contributed by atoms with Gasteiger partial charge >= 0.3 is 0 Å². The zero-order valence-corrected chi connectivity index (χ0v) is 18.6. The van der Waals surface area contributed by atoms with Crippen LogP contribution < -0.4 is 10.1 Å². The summed E-state index contributed by atoms with van der Waals surface area (Å²) in [5.41, 5.74) is 2.90. The number of carbonyl (C=O) groups is 1. The molecule has 162 valence electrons. The van der Waals surface area contributed by atoms with E-state index in [2.05, 4.69) is 35.7 Å². The molecule has 3 fully saturated rings. The molecule has 4 atom stereocenters. The van der Waals surface area contributed by atoms with E-state index in [-0.39, 0.29) is 17.6 Å². The van der Waals surface area contributed by atoms with E-state index < -0.39 is 5.60 Å². The summed E-state index contributed by atoms with van der Waals surface area (Å²) in [6.07, 6.45) is 5.34. The van der Waals surface area contributed by atoms with Crippen molar-refractivity contribution < 1.29 is 14.3 Å². The highest BCUT2D eigenvalue weighted by Gasteiger charge is 2.60. The number of benzene rings is 2. The van der Waals surface area contributed by atoms with Crippen LogP contribution in [0.2, 0.25) is 0 Å². The largest absolute Gasteiger partial charge is 0.478 e. The monoisotopic (exact) mass is 417 g/mol. The standard InChI is InChI=1S/C27H31NO3/c1-18-9-11-20(12-10-18)31-26(2,3)25(29)28-24-22-15-27(14-13-21(22)23(24)16-27)30-17-19-7-5-4-6-8-19/h4-13,22-24H,14-17H2,1-3H3,(H,28,29)/t22-,23+,24-,27-. The third-order valence-electron chi connectivity index (χ3n) is 7.24. The molecule has 0 unspecified atom stereocenters. The molecule has 4 nitrogen and oxygen atoms in total. The van der Waals surface area contributed by atoms with Crippen LogP contribution in [0.15, 0.2) is 66.2 Å². The van der Waals surface area contributed by atoms with Crippen molar-refractivity contribution in [1.82, 2.24) is 5.32 Å². The number of carbonyl (C=O) groups excluding carboxylic acids is 1. The summed E-state index contributed by atoms with van der Waals surface area (Å²) in [6, 6.07) is 18.4. The van der Waals surface area contributed by atoms with Gasteiger partial charge in [0.1, 0.15) is 5.75 Å². The van der Waals surface area contributed by atoms with E-state index in [4.69, 9.17) is 9.47 Å². The maximum absolute atomic E-state index is 13.1. The second-order valence-electron chi connectivity index (χ2n) is 9.91. The molecule has 0 spiro atoms. The number of aryl methyl sites for hydroxylation is 1. The third-order valence-corrected chi connectivity index (χ3v) is 7.24. The number of ether oxygens (including phenoxy) is 2. The second-order valence-corrected chi connectivity index (χ2v) is 9.91. The van der Waals surface area contributed by atoms with Crippen LogP contribution in [0, 0.1) is 18.8 Å². The van der Waals surface area contributed by atoms with Crippen molar-refractivity contribution in [3.05, 3.63) is 77.4 Å². The summed E-state index contributed by atoms with van der Waals surface area (Å²) < 4.78 is 12.5. The molecule has 4 bridgehead atoms. The van der Waals surface area contributed by atoms with E-state index in [0.717, 1.165) is 25.0 Å². The average Bonchev–Trinajstić information content (AvgIpc) is 2.78. The number of fused-ring (bicyclic) bond motifs is 1. The molecule has 1 N–H and O–H groups in total. The molecule has 7 rings (SSSR count). The minimum absolute atomic E-state index is 0.0506. The fraction of sp³-hybridized carbons (Fsp3) is 0.444. The van der Waals surface area contributed by atoms with Crippen molar-refractivity contribution in [2.24, 2.45) is 11.8 Å². The molecular formula is C27H31NO3. The average molecular weight is 418 g/mol. The van der Waals surface area contributed by atoms with Gasteiger partial charge in [-0.3, -0.25) is 4.79 Å². The Labute approximate surface area is 184 Å². The topological polar surface area (TPSA) is 47.6 Å². The molecule has 4 heteroatoms. The first-order chi connectivity index (χ1) is 14.9. The van der Waals surface area contributed by atoms with Gasteiger partial charge in [-0.05, 0) is 57.7 Å². The van der Waals surface area contributed by atoms with Crippen LogP contribution in [0.4, 0.5) is 0 Å². The highest BCUT2D eigenvalue weighted by molar-refractivity contribution is 5.85. The van der Waals surface area contributed by atoms with Crippen LogP contribution in [0.3, 0.4) is 0 Å². The highest BCUT2D eigenvalue weighted by atomic mass is 16.5. The van der Waals surface area contributed by atoms with Gasteiger partial charge in [-0.15, -0.1) is 0 Å². The van der Waals surface area contributed by atoms with Crippen molar-refractivity contribution >= 4 is 5.91 Å². The minimum atomic E-state index is -0.923. The van der Waals surface area contributed by atoms with Crippen molar-refractivity contribution in [1.29, 1.82) is 0 Å². The molecule has 5 aliphatic rings. The highest BCUT2D eigenvalue weighted by Crippen LogP contribution is 2.60. The fourth-order valence-electron chi connectivity index (χ4n) is 5.46. The zero-order valence-electron chi connectivity index (χ0n) is 18.6. The SMILES string of the molecule is Cc1ccc(OC(C)(C)C(=O)N[C@@H]2[C@@H]3C[C@]4(OCc5ccccc5)CC=C3[C@@H]2C4)cc1. The van der Waals surface area contributed by atoms with Gasteiger partial charge in [0, 0.05) is 17.9 Å². The summed E-state index contributed by atoms with van der Waals surface area (Å²) in [5.74, 6) is 1.45. The Hall–Kier alpha value is -2.59. The van der Waals surface area contributed by atoms with Crippen LogP contribution in [0.1, 0.15) is 44.2 Å². The first kappa shape index (κ1) is 20.3. The number of rotatable bonds is 7. The molecule has 0 aliphatic heterocycles. The third kappa shape index (κ3) is 3.78. The van der Waals surface area contributed by atoms with E-state index in [1.165, 1.54) is 16.7 Å². The molecule has 3 saturated carbocycles. The Bertz CT molecular complexity index is 977. The van der Waals surface area contributed by atoms with Crippen molar-refractivity contribution in [2.75, 3.05) is 0 Å². The molecule has 0 aromatic heterocycles. The van der Waals surface area contributed by atoms with E-state index in [0.29, 0.717) is 18.4 Å². The van der Waals surface area contributed by atoms with Crippen LogP contribution in [0.25, 0.3) is 0 Å². The Morgan fingerprint density at radius 2 is 1.74 bits per heavy atom. The van der Waals surface area contributed by atoms with Crippen molar-refractivity contribution in [3.63, 3.8) is 0 Å². The second kappa shape index (κ2) is 7.52. The molecule has 0 saturated heterocycles. The maximum atomic E-state index is 13.1. The summed E-state index contributed by atoms with van der Waals surface area (Å²) in [7, 11) is 0. The molecule has 0 radical (unpaired) electrons. The Morgan fingerprint density at radius 1 is 1.06 bits per heavy atom. The van der Waals surface area contributed by atoms with Crippen molar-refractivity contribution in [2.45, 2.75) is 63.9 Å². The van der Waals surface area contributed by atoms with Gasteiger partial charge in [-0.2, -0.15) is 0 Å². The van der Waals surface area contributed by atoms with Crippen LogP contribution in [-0.4, -0.2) is 23.2 Å². The minimum Gasteiger partial charge on any atom is -0.478 e. The summed E-state index contributed by atoms with van der Waals surface area (Å²) >= 11 is 0. The molecule has 5 aliphatic carbocycles. The van der Waals surface area contributed by atoms with Crippen LogP contribution >= 0.6 is 0 Å². The van der Waals surface area contributed by atoms with E-state index in [1.807, 2.05) is 51.1 Å². The summed E-state index contributed by atoms with van der Waals surface area (Å²) in [5, 5.41) is 3.31. The first-order valence-corrected chi connectivity index (χ1v) is 11.3. The Kier molecular flexibility index (Phi) is 4.93. The fourth-order valence-corrected chi connectivity index (χ4v) is 5.46. The molecule has 31 heavy (non-hydrogen) atoms. The number of hydrogen-bond acceptors (Lipinski definition) is 3. The lowest BCUT2D eigenvalue weighted by atomic mass is 9.49. The number of hydrogen-bond donors (Lipinski definition) is 1. The maximum Gasteiger partial charge on any atom is 0.263 e. The number of nitrogens with one attached hydrogen (secondary N) is 1. The molecule has 2 aromatic carbocycles. The Balaban J connectivity index is 1.21. The molecule has 0 heterocycles. The zero-order chi connectivity index (χ0) is 21.6. The van der Waals surface area contributed by atoms with Gasteiger partial charge in [-0.1, -0.05) is 59.7 Å². The Morgan fingerprint density at radius 3 is 2.42 bits per heavy atom. The predicted molar refractivity (Wildman–Crippen MR) is 121 cm³/mol. The van der Waals surface area contributed by atoms with Gasteiger partial charge in [0.2, 0.25) is 0 Å². The number of amides is 1. The van der Waals surface area contributed by atoms with E-state index in [9.17, 15) is 4.79 Å². The van der Waals surface area contributed by atoms with Gasteiger partial charge < -0.3 is 14.8 Å². The van der Waals surface area contributed by atoms with Gasteiger partial charge in [-0.25, -0.2) is 0 Å². The van der Waals surface area contributed by atoms with Gasteiger partial charge in [0.05, 0.1) is 12.2 Å². The summed E-state index contributed by atoms with van der Waals surface area (Å²) in [6.45, 7) is 6.37. The lowest BCUT2D eigenvalue weighted by Gasteiger charge is -2.62. The molecular weight excluding hydrogens is 386 g/mol. The van der Waals surface area contributed by atoms with E-state index in [1.54, 1.807) is 0 Å². The first-order valence-electron chi connectivity index (χ1n) is 11.3. The lowest BCUT2D eigenvalue weighted by Crippen LogP contribution is -2.67. The van der Waals surface area contributed by atoms with Gasteiger partial charge in [0.15, 0.2) is 5.60 Å². The van der Waals surface area contributed by atoms with Crippen LogP contribution in [0.5, 0.6) is 5.75 Å². The van der Waals surface area contributed by atoms with Gasteiger partial charge in [0.25, 0.3) is 5.91 Å². The normalized spacial score (nSPS) is 28.5. The molecule has 1 amide bonds. The molecule has 2 aromatic rings. The summed E-state index contributed by atoms with van der Waals surface area (Å²) in [4.78, 5) is 13.1. The van der Waals surface area contributed by atoms with Crippen LogP contribution in [-0.2, 0) is 16.1 Å². The predicted octanol–water partition coefficient (Wildman–Crippen LogP) is 4.96. The smallest absolute Gasteiger partial charge is 0.263 e. The lowest BCUT2D eigenvalue weighted by molar-refractivity contribution is -0.150.